The summed E-state index contributed by atoms with van der Waals surface area (Å²) in [4.78, 5) is 24.6. The maximum atomic E-state index is 12.4. The van der Waals surface area contributed by atoms with E-state index in [1.807, 2.05) is 0 Å². The lowest BCUT2D eigenvalue weighted by Gasteiger charge is -2.33. The van der Waals surface area contributed by atoms with Crippen LogP contribution in [-0.2, 0) is 19.1 Å². The fourth-order valence-electron chi connectivity index (χ4n) is 2.79. The Morgan fingerprint density at radius 1 is 0.960 bits per heavy atom. The molecule has 1 aliphatic heterocycles. The summed E-state index contributed by atoms with van der Waals surface area (Å²) in [6.07, 6.45) is 1.45. The number of nitrogens with one attached hydrogen (secondary N) is 1. The lowest BCUT2D eigenvalue weighted by molar-refractivity contribution is -0.143. The minimum absolute atomic E-state index is 0.155. The van der Waals surface area contributed by atoms with Gasteiger partial charge < -0.3 is 29.0 Å². The molecule has 0 bridgehead atoms. The predicted octanol–water partition coefficient (Wildman–Crippen LogP) is 1.63. The van der Waals surface area contributed by atoms with Gasteiger partial charge in [0.2, 0.25) is 5.75 Å². The van der Waals surface area contributed by atoms with Crippen molar-refractivity contribution in [2.75, 3.05) is 40.9 Å². The molecule has 0 amide bonds. The molecule has 0 saturated heterocycles. The molecule has 1 atom stereocenters. The Balaban J connectivity index is 2.82. The van der Waals surface area contributed by atoms with E-state index in [2.05, 4.69) is 5.32 Å². The maximum absolute atomic E-state index is 12.4. The van der Waals surface area contributed by atoms with Crippen LogP contribution in [0.15, 0.2) is 12.1 Å². The van der Waals surface area contributed by atoms with E-state index in [4.69, 9.17) is 23.7 Å². The van der Waals surface area contributed by atoms with E-state index in [1.54, 1.807) is 13.0 Å². The van der Waals surface area contributed by atoms with Gasteiger partial charge in [-0.15, -0.1) is 0 Å². The van der Waals surface area contributed by atoms with Crippen LogP contribution in [-0.4, -0.2) is 53.0 Å². The van der Waals surface area contributed by atoms with Crippen LogP contribution in [0.25, 0.3) is 5.57 Å². The van der Waals surface area contributed by atoms with Gasteiger partial charge in [-0.25, -0.2) is 9.59 Å². The quantitative estimate of drug-likeness (QED) is 0.800. The van der Waals surface area contributed by atoms with Crippen molar-refractivity contribution in [3.8, 4) is 17.2 Å². The molecular weight excluding hydrogens is 330 g/mol. The van der Waals surface area contributed by atoms with Crippen molar-refractivity contribution < 1.29 is 33.3 Å². The summed E-state index contributed by atoms with van der Waals surface area (Å²) in [7, 11) is 6.91. The summed E-state index contributed by atoms with van der Waals surface area (Å²) in [5.74, 6) is -0.199. The first-order valence-electron chi connectivity index (χ1n) is 7.37. The number of benzene rings is 1. The maximum Gasteiger partial charge on any atom is 0.338 e. The smallest absolute Gasteiger partial charge is 0.338 e. The van der Waals surface area contributed by atoms with E-state index in [9.17, 15) is 9.59 Å². The molecule has 0 saturated carbocycles. The number of carbonyl (C=O) groups excluding carboxylic acids is 2. The van der Waals surface area contributed by atoms with Crippen LogP contribution in [0.2, 0.25) is 0 Å². The van der Waals surface area contributed by atoms with Gasteiger partial charge in [-0.1, -0.05) is 0 Å². The number of methoxy groups -OCH3 is 5. The van der Waals surface area contributed by atoms with E-state index >= 15 is 0 Å². The third-order valence-electron chi connectivity index (χ3n) is 3.94. The second-order valence-electron chi connectivity index (χ2n) is 5.44. The van der Waals surface area contributed by atoms with Crippen LogP contribution in [0.3, 0.4) is 0 Å². The molecule has 8 heteroatoms. The van der Waals surface area contributed by atoms with Crippen LogP contribution in [0.1, 0.15) is 12.5 Å². The van der Waals surface area contributed by atoms with Crippen molar-refractivity contribution in [2.45, 2.75) is 12.5 Å². The van der Waals surface area contributed by atoms with Crippen molar-refractivity contribution in [2.24, 2.45) is 0 Å². The van der Waals surface area contributed by atoms with Gasteiger partial charge in [-0.3, -0.25) is 0 Å². The first-order chi connectivity index (χ1) is 11.9. The molecule has 0 fully saturated rings. The van der Waals surface area contributed by atoms with E-state index < -0.39 is 17.5 Å². The van der Waals surface area contributed by atoms with Gasteiger partial charge in [0.15, 0.2) is 17.0 Å². The topological polar surface area (TPSA) is 92.3 Å². The molecule has 136 valence electrons. The monoisotopic (exact) mass is 351 g/mol. The summed E-state index contributed by atoms with van der Waals surface area (Å²) in [5.41, 5.74) is -0.253. The molecule has 0 aliphatic carbocycles. The average molecular weight is 351 g/mol. The normalized spacial score (nSPS) is 18.2. The molecule has 0 aromatic heterocycles. The van der Waals surface area contributed by atoms with Crippen LogP contribution in [0.5, 0.6) is 17.2 Å². The second kappa shape index (κ2) is 6.92. The highest BCUT2D eigenvalue weighted by molar-refractivity contribution is 6.22. The number of fused-ring (bicyclic) bond motifs is 1. The van der Waals surface area contributed by atoms with Crippen LogP contribution in [0, 0.1) is 0 Å². The molecule has 2 rings (SSSR count). The largest absolute Gasteiger partial charge is 0.493 e. The number of esters is 2. The third kappa shape index (κ3) is 2.95. The summed E-state index contributed by atoms with van der Waals surface area (Å²) in [6, 6.07) is 1.62. The van der Waals surface area contributed by atoms with Gasteiger partial charge in [0.05, 0.1) is 52.4 Å². The molecule has 1 heterocycles. The molecule has 0 radical (unpaired) electrons. The zero-order valence-corrected chi connectivity index (χ0v) is 15.0. The lowest BCUT2D eigenvalue weighted by Crippen LogP contribution is -2.45. The Kier molecular flexibility index (Phi) is 5.10. The average Bonchev–Trinajstić information content (AvgIpc) is 2.63. The van der Waals surface area contributed by atoms with Crippen molar-refractivity contribution in [3.63, 3.8) is 0 Å². The van der Waals surface area contributed by atoms with Gasteiger partial charge in [0.25, 0.3) is 0 Å². The van der Waals surface area contributed by atoms with E-state index in [-0.39, 0.29) is 11.3 Å². The highest BCUT2D eigenvalue weighted by Gasteiger charge is 2.41. The Morgan fingerprint density at radius 3 is 2.08 bits per heavy atom. The fraction of sp³-hybridized carbons (Fsp3) is 0.412. The Hall–Kier alpha value is -2.90. The molecule has 0 spiro atoms. The van der Waals surface area contributed by atoms with Crippen molar-refractivity contribution in [1.29, 1.82) is 0 Å². The van der Waals surface area contributed by atoms with E-state index in [1.165, 1.54) is 41.6 Å². The number of carbonyl (C=O) groups is 2. The van der Waals surface area contributed by atoms with Crippen molar-refractivity contribution in [1.82, 2.24) is 0 Å². The number of hydrogen-bond donors (Lipinski definition) is 1. The number of ether oxygens (including phenoxy) is 5. The van der Waals surface area contributed by atoms with Crippen LogP contribution < -0.4 is 19.5 Å². The first kappa shape index (κ1) is 18.4. The summed E-state index contributed by atoms with van der Waals surface area (Å²) >= 11 is 0. The van der Waals surface area contributed by atoms with E-state index in [0.29, 0.717) is 22.7 Å². The van der Waals surface area contributed by atoms with Gasteiger partial charge in [0, 0.05) is 6.07 Å². The summed E-state index contributed by atoms with van der Waals surface area (Å²) in [6.45, 7) is 1.59. The summed E-state index contributed by atoms with van der Waals surface area (Å²) < 4.78 is 25.8. The van der Waals surface area contributed by atoms with Crippen molar-refractivity contribution in [3.05, 3.63) is 17.7 Å². The van der Waals surface area contributed by atoms with Crippen LogP contribution >= 0.6 is 0 Å². The first-order valence-corrected chi connectivity index (χ1v) is 7.37. The number of anilines is 1. The zero-order chi connectivity index (χ0) is 18.8. The molecule has 0 unspecified atom stereocenters. The second-order valence-corrected chi connectivity index (χ2v) is 5.44. The lowest BCUT2D eigenvalue weighted by atomic mass is 9.88. The van der Waals surface area contributed by atoms with Gasteiger partial charge in [-0.2, -0.15) is 0 Å². The SMILES string of the molecule is COC(=O)C1=C[C@@](C)(C(=O)OC)Nc2cc(OC)c(OC)c(OC)c21. The number of rotatable bonds is 5. The molecule has 1 N–H and O–H groups in total. The fourth-order valence-corrected chi connectivity index (χ4v) is 2.79. The minimum atomic E-state index is -1.27. The Labute approximate surface area is 145 Å². The molecule has 8 nitrogen and oxygen atoms in total. The van der Waals surface area contributed by atoms with Crippen LogP contribution in [0.4, 0.5) is 5.69 Å². The molecule has 25 heavy (non-hydrogen) atoms. The Bertz CT molecular complexity index is 741. The molecular formula is C17H21NO7. The van der Waals surface area contributed by atoms with Gasteiger partial charge >= 0.3 is 11.9 Å². The van der Waals surface area contributed by atoms with Crippen molar-refractivity contribution >= 4 is 23.2 Å². The molecule has 1 aromatic carbocycles. The number of hydrogen-bond acceptors (Lipinski definition) is 8. The van der Waals surface area contributed by atoms with Gasteiger partial charge in [-0.05, 0) is 13.0 Å². The minimum Gasteiger partial charge on any atom is -0.493 e. The molecule has 1 aromatic rings. The standard InChI is InChI=1S/C17H21NO7/c1-17(16(20)25-6)8-9(15(19)24-5)12-10(18-17)7-11(21-2)13(22-3)14(12)23-4/h7-8,18H,1-6H3/t17-/m0/s1. The predicted molar refractivity (Wildman–Crippen MR) is 90.1 cm³/mol. The zero-order valence-electron chi connectivity index (χ0n) is 15.0. The summed E-state index contributed by atoms with van der Waals surface area (Å²) in [5, 5.41) is 3.06. The third-order valence-corrected chi connectivity index (χ3v) is 3.94. The Morgan fingerprint density at radius 2 is 1.60 bits per heavy atom. The highest BCUT2D eigenvalue weighted by Crippen LogP contribution is 2.50. The molecule has 1 aliphatic rings. The van der Waals surface area contributed by atoms with Gasteiger partial charge in [0.1, 0.15) is 0 Å². The highest BCUT2D eigenvalue weighted by atomic mass is 16.5. The van der Waals surface area contributed by atoms with E-state index in [0.717, 1.165) is 0 Å².